The zero-order valence-electron chi connectivity index (χ0n) is 15.6. The number of carbonyl (C=O) groups is 3. The number of amides is 2. The molecule has 0 radical (unpaired) electrons. The number of H-pyrrole nitrogens is 1. The van der Waals surface area contributed by atoms with Crippen LogP contribution in [0.15, 0.2) is 22.5 Å². The average molecular weight is 473 g/mol. The molecule has 2 amide bonds. The van der Waals surface area contributed by atoms with Gasteiger partial charge >= 0.3 is 5.97 Å². The Labute approximate surface area is 181 Å². The molecule has 2 unspecified atom stereocenters. The number of fused-ring (bicyclic) bond motifs is 1. The van der Waals surface area contributed by atoms with Crippen molar-refractivity contribution in [2.45, 2.75) is 21.4 Å². The average Bonchev–Trinajstić information content (AvgIpc) is 3.23. The Morgan fingerprint density at radius 2 is 2.43 bits per heavy atom. The summed E-state index contributed by atoms with van der Waals surface area (Å²) in [7, 11) is 1.19. The number of carboxylic acid groups (broad SMARTS) is 1. The van der Waals surface area contributed by atoms with Crippen LogP contribution in [0.2, 0.25) is 0 Å². The molecule has 1 fully saturated rings. The summed E-state index contributed by atoms with van der Waals surface area (Å²) in [5.74, 6) is -2.46. The second-order valence-electron chi connectivity index (χ2n) is 6.13. The number of nitrogens with one attached hydrogen (secondary N) is 2. The van der Waals surface area contributed by atoms with E-state index in [9.17, 15) is 24.0 Å². The topological polar surface area (TPSA) is 184 Å². The Bertz CT molecular complexity index is 932. The molecular formula is C15H16N6O6S3. The van der Waals surface area contributed by atoms with Gasteiger partial charge in [0.05, 0.1) is 12.5 Å². The summed E-state index contributed by atoms with van der Waals surface area (Å²) >= 11 is 0.687. The monoisotopic (exact) mass is 472 g/mol. The molecule has 1 aromatic rings. The number of aromatic amines is 1. The largest absolute Gasteiger partial charge is 0.615 e. The SMILES string of the molecule is CO[C@@]1(NC(=O)C(C#N)[S+](C)[O-])C(=O)N2C(C(=O)O)=C(CSc3c[nH]nn3)CS[C@H]21. The Hall–Kier alpha value is -2.25. The number of β-lactam (4-membered cyclic amide) rings is 1. The molecule has 0 saturated carbocycles. The van der Waals surface area contributed by atoms with Crippen molar-refractivity contribution >= 4 is 52.5 Å². The van der Waals surface area contributed by atoms with E-state index >= 15 is 0 Å². The lowest BCUT2D eigenvalue weighted by atomic mass is 9.98. The summed E-state index contributed by atoms with van der Waals surface area (Å²) in [5.41, 5.74) is -1.52. The normalized spacial score (nSPS) is 25.1. The van der Waals surface area contributed by atoms with Gasteiger partial charge in [-0.25, -0.2) is 4.79 Å². The van der Waals surface area contributed by atoms with Crippen LogP contribution in [0.1, 0.15) is 0 Å². The van der Waals surface area contributed by atoms with E-state index in [1.165, 1.54) is 36.9 Å². The highest BCUT2D eigenvalue weighted by atomic mass is 32.2. The second kappa shape index (κ2) is 8.86. The third-order valence-electron chi connectivity index (χ3n) is 4.42. The molecule has 1 aromatic heterocycles. The maximum Gasteiger partial charge on any atom is 0.352 e. The van der Waals surface area contributed by atoms with Crippen LogP contribution in [0, 0.1) is 11.3 Å². The number of ether oxygens (including phenoxy) is 1. The van der Waals surface area contributed by atoms with Crippen LogP contribution < -0.4 is 5.32 Å². The lowest BCUT2D eigenvalue weighted by Gasteiger charge is -2.55. The summed E-state index contributed by atoms with van der Waals surface area (Å²) in [6.45, 7) is 0. The van der Waals surface area contributed by atoms with Crippen molar-refractivity contribution in [3.8, 4) is 6.07 Å². The number of rotatable bonds is 8. The second-order valence-corrected chi connectivity index (χ2v) is 9.67. The standard InChI is InChI=1S/C15H16N6O6S3/c1-27-15(18-11(22)8(3-16)30(2)26)13(25)21-10(12(23)24)7(6-29-14(15)21)5-28-9-4-17-20-19-9/h4,8,14H,5-6H2,1-2H3,(H,18,22)(H,23,24)(H,17,19,20)/t8?,14-,15-,30?/m0/s1. The van der Waals surface area contributed by atoms with Crippen molar-refractivity contribution in [1.82, 2.24) is 25.6 Å². The van der Waals surface area contributed by atoms with Crippen LogP contribution in [0.5, 0.6) is 0 Å². The third kappa shape index (κ3) is 3.76. The summed E-state index contributed by atoms with van der Waals surface area (Å²) < 4.78 is 16.9. The smallest absolute Gasteiger partial charge is 0.352 e. The number of aliphatic carboxylic acids is 1. The van der Waals surface area contributed by atoms with Crippen molar-refractivity contribution in [2.24, 2.45) is 0 Å². The van der Waals surface area contributed by atoms with Crippen molar-refractivity contribution in [3.05, 3.63) is 17.5 Å². The summed E-state index contributed by atoms with van der Waals surface area (Å²) in [6.07, 6.45) is 2.76. The lowest BCUT2D eigenvalue weighted by Crippen LogP contribution is -2.81. The molecule has 15 heteroatoms. The minimum absolute atomic E-state index is 0.183. The molecule has 4 atom stereocenters. The Balaban J connectivity index is 1.84. The molecule has 0 aromatic carbocycles. The predicted octanol–water partition coefficient (Wildman–Crippen LogP) is -1.12. The van der Waals surface area contributed by atoms with Crippen molar-refractivity contribution in [3.63, 3.8) is 0 Å². The first-order valence-electron chi connectivity index (χ1n) is 8.25. The number of thioether (sulfide) groups is 2. The van der Waals surface area contributed by atoms with Gasteiger partial charge in [0.2, 0.25) is 0 Å². The fraction of sp³-hybridized carbons (Fsp3) is 0.467. The Morgan fingerprint density at radius 3 is 2.97 bits per heavy atom. The molecule has 0 bridgehead atoms. The van der Waals surface area contributed by atoms with Crippen LogP contribution in [-0.2, 0) is 30.3 Å². The van der Waals surface area contributed by atoms with Gasteiger partial charge in [-0.1, -0.05) is 17.0 Å². The highest BCUT2D eigenvalue weighted by molar-refractivity contribution is 8.01. The zero-order valence-corrected chi connectivity index (χ0v) is 18.1. The molecule has 30 heavy (non-hydrogen) atoms. The van der Waals surface area contributed by atoms with E-state index in [1.54, 1.807) is 12.3 Å². The van der Waals surface area contributed by atoms with Crippen molar-refractivity contribution < 1.29 is 28.8 Å². The third-order valence-corrected chi connectivity index (χ3v) is 7.76. The van der Waals surface area contributed by atoms with E-state index in [2.05, 4.69) is 20.7 Å². The summed E-state index contributed by atoms with van der Waals surface area (Å²) in [5, 5.41) is 29.3. The van der Waals surface area contributed by atoms with E-state index < -0.39 is 45.3 Å². The maximum atomic E-state index is 12.9. The number of aromatic nitrogens is 3. The lowest BCUT2D eigenvalue weighted by molar-refractivity contribution is -0.192. The molecule has 12 nitrogen and oxygen atoms in total. The minimum atomic E-state index is -1.85. The molecule has 3 rings (SSSR count). The molecule has 2 aliphatic rings. The first-order chi connectivity index (χ1) is 14.3. The zero-order chi connectivity index (χ0) is 22.1. The van der Waals surface area contributed by atoms with E-state index in [-0.39, 0.29) is 17.2 Å². The van der Waals surface area contributed by atoms with E-state index in [0.717, 1.165) is 4.90 Å². The van der Waals surface area contributed by atoms with Gasteiger partial charge in [0.25, 0.3) is 22.8 Å². The molecule has 0 spiro atoms. The van der Waals surface area contributed by atoms with Gasteiger partial charge < -0.3 is 19.7 Å². The molecule has 1 saturated heterocycles. The number of hydrogen-bond acceptors (Lipinski definition) is 10. The minimum Gasteiger partial charge on any atom is -0.615 e. The van der Waals surface area contributed by atoms with Gasteiger partial charge in [-0.05, 0) is 16.7 Å². The van der Waals surface area contributed by atoms with Gasteiger partial charge in [-0.3, -0.25) is 19.6 Å². The molecule has 2 aliphatic heterocycles. The molecule has 3 heterocycles. The number of carboxylic acids is 1. The van der Waals surface area contributed by atoms with E-state index in [4.69, 9.17) is 10.00 Å². The number of hydrogen-bond donors (Lipinski definition) is 3. The van der Waals surface area contributed by atoms with Crippen LogP contribution in [0.3, 0.4) is 0 Å². The van der Waals surface area contributed by atoms with Gasteiger partial charge in [0, 0.05) is 18.6 Å². The van der Waals surface area contributed by atoms with Crippen LogP contribution in [-0.4, -0.2) is 89.0 Å². The molecule has 0 aliphatic carbocycles. The Kier molecular flexibility index (Phi) is 6.62. The fourth-order valence-electron chi connectivity index (χ4n) is 3.01. The van der Waals surface area contributed by atoms with Gasteiger partial charge in [-0.15, -0.1) is 16.9 Å². The van der Waals surface area contributed by atoms with Crippen LogP contribution >= 0.6 is 23.5 Å². The Morgan fingerprint density at radius 1 is 1.70 bits per heavy atom. The highest BCUT2D eigenvalue weighted by Crippen LogP contribution is 2.47. The van der Waals surface area contributed by atoms with Crippen LogP contribution in [0.4, 0.5) is 0 Å². The number of carbonyl (C=O) groups excluding carboxylic acids is 2. The summed E-state index contributed by atoms with van der Waals surface area (Å²) in [6, 6.07) is 1.63. The number of methoxy groups -OCH3 is 1. The van der Waals surface area contributed by atoms with Crippen LogP contribution in [0.25, 0.3) is 0 Å². The quantitative estimate of drug-likeness (QED) is 0.180. The molecule has 3 N–H and O–H groups in total. The first kappa shape index (κ1) is 22.4. The molecule has 160 valence electrons. The summed E-state index contributed by atoms with van der Waals surface area (Å²) in [4.78, 5) is 38.3. The number of nitriles is 1. The highest BCUT2D eigenvalue weighted by Gasteiger charge is 2.67. The predicted molar refractivity (Wildman–Crippen MR) is 106 cm³/mol. The van der Waals surface area contributed by atoms with E-state index in [1.807, 2.05) is 0 Å². The first-order valence-corrected chi connectivity index (χ1v) is 11.9. The van der Waals surface area contributed by atoms with Gasteiger partial charge in [-0.2, -0.15) is 5.26 Å². The van der Waals surface area contributed by atoms with E-state index in [0.29, 0.717) is 10.6 Å². The fourth-order valence-corrected chi connectivity index (χ4v) is 5.88. The molecular weight excluding hydrogens is 456 g/mol. The van der Waals surface area contributed by atoms with Gasteiger partial charge in [0.15, 0.2) is 0 Å². The maximum absolute atomic E-state index is 12.9. The number of nitrogens with zero attached hydrogens (tertiary/aromatic N) is 4. The van der Waals surface area contributed by atoms with Gasteiger partial charge in [0.1, 0.15) is 22.2 Å². The van der Waals surface area contributed by atoms with Crippen molar-refractivity contribution in [1.29, 1.82) is 5.26 Å². The van der Waals surface area contributed by atoms with Crippen molar-refractivity contribution in [2.75, 3.05) is 24.9 Å².